The van der Waals surface area contributed by atoms with Crippen LogP contribution >= 0.6 is 15.9 Å². The van der Waals surface area contributed by atoms with Crippen LogP contribution in [0.1, 0.15) is 30.1 Å². The Kier molecular flexibility index (Phi) is 6.06. The lowest BCUT2D eigenvalue weighted by Crippen LogP contribution is -2.48. The van der Waals surface area contributed by atoms with E-state index in [0.717, 1.165) is 15.6 Å². The Morgan fingerprint density at radius 1 is 1.23 bits per heavy atom. The van der Waals surface area contributed by atoms with Crippen molar-refractivity contribution in [2.75, 3.05) is 19.8 Å². The van der Waals surface area contributed by atoms with Gasteiger partial charge in [0.15, 0.2) is 0 Å². The van der Waals surface area contributed by atoms with Gasteiger partial charge in [0.05, 0.1) is 11.5 Å². The summed E-state index contributed by atoms with van der Waals surface area (Å²) in [4.78, 5) is 13.0. The highest BCUT2D eigenvalue weighted by Crippen LogP contribution is 2.35. The monoisotopic (exact) mass is 421 g/mol. The third-order valence-electron chi connectivity index (χ3n) is 4.87. The molecule has 2 aromatic carbocycles. The molecule has 1 amide bonds. The third-order valence-corrected chi connectivity index (χ3v) is 5.36. The molecule has 26 heavy (non-hydrogen) atoms. The Labute approximate surface area is 160 Å². The molecule has 0 aromatic heterocycles. The van der Waals surface area contributed by atoms with Crippen LogP contribution in [0.4, 0.5) is 4.39 Å². The standard InChI is InChI=1S/C20H21BrFNO3/c21-16-3-1-2-14(12-16)18(24)13-23-19(25)20(8-10-26-11-9-20)15-4-6-17(22)7-5-15/h1-7,12,18,24H,8-11,13H2,(H,23,25)/t18-/m1/s1. The summed E-state index contributed by atoms with van der Waals surface area (Å²) in [6, 6.07) is 13.4. The molecule has 2 N–H and O–H groups in total. The van der Waals surface area contributed by atoms with Crippen LogP contribution in [0.15, 0.2) is 53.0 Å². The number of nitrogens with one attached hydrogen (secondary N) is 1. The van der Waals surface area contributed by atoms with Crippen LogP contribution in [-0.2, 0) is 14.9 Å². The number of halogens is 2. The molecule has 4 nitrogen and oxygen atoms in total. The quantitative estimate of drug-likeness (QED) is 0.776. The molecule has 0 unspecified atom stereocenters. The van der Waals surface area contributed by atoms with E-state index in [1.807, 2.05) is 24.3 Å². The number of hydrogen-bond acceptors (Lipinski definition) is 3. The molecule has 1 aliphatic rings. The van der Waals surface area contributed by atoms with Crippen LogP contribution in [0, 0.1) is 5.82 Å². The Morgan fingerprint density at radius 3 is 2.58 bits per heavy atom. The predicted octanol–water partition coefficient (Wildman–Crippen LogP) is 3.49. The molecule has 1 aliphatic heterocycles. The zero-order valence-electron chi connectivity index (χ0n) is 14.3. The molecule has 0 spiro atoms. The zero-order valence-corrected chi connectivity index (χ0v) is 15.8. The van der Waals surface area contributed by atoms with Crippen LogP contribution in [0.25, 0.3) is 0 Å². The van der Waals surface area contributed by atoms with Crippen LogP contribution < -0.4 is 5.32 Å². The third kappa shape index (κ3) is 4.14. The summed E-state index contributed by atoms with van der Waals surface area (Å²) >= 11 is 3.37. The zero-order chi connectivity index (χ0) is 18.6. The van der Waals surface area contributed by atoms with E-state index in [-0.39, 0.29) is 18.3 Å². The number of amides is 1. The summed E-state index contributed by atoms with van der Waals surface area (Å²) in [5.41, 5.74) is 0.738. The molecule has 0 aliphatic carbocycles. The number of carbonyl (C=O) groups excluding carboxylic acids is 1. The number of carbonyl (C=O) groups is 1. The van der Waals surface area contributed by atoms with Crippen molar-refractivity contribution < 1.29 is 19.0 Å². The minimum absolute atomic E-state index is 0.110. The molecule has 0 bridgehead atoms. The molecule has 2 aromatic rings. The van der Waals surface area contributed by atoms with Gasteiger partial charge in [0.25, 0.3) is 0 Å². The topological polar surface area (TPSA) is 58.6 Å². The number of aliphatic hydroxyl groups excluding tert-OH is 1. The molecule has 1 fully saturated rings. The summed E-state index contributed by atoms with van der Waals surface area (Å²) in [5, 5.41) is 13.2. The average Bonchev–Trinajstić information content (AvgIpc) is 2.67. The summed E-state index contributed by atoms with van der Waals surface area (Å²) in [6.07, 6.45) is 0.246. The van der Waals surface area contributed by atoms with Crippen molar-refractivity contribution in [2.45, 2.75) is 24.4 Å². The van der Waals surface area contributed by atoms with E-state index in [1.54, 1.807) is 12.1 Å². The minimum atomic E-state index is -0.804. The summed E-state index contributed by atoms with van der Waals surface area (Å²) in [5.74, 6) is -0.497. The Hall–Kier alpha value is -1.76. The van der Waals surface area contributed by atoms with Crippen molar-refractivity contribution >= 4 is 21.8 Å². The van der Waals surface area contributed by atoms with Gasteiger partial charge in [0.2, 0.25) is 5.91 Å². The molecule has 1 heterocycles. The lowest BCUT2D eigenvalue weighted by atomic mass is 9.73. The summed E-state index contributed by atoms with van der Waals surface area (Å²) in [6.45, 7) is 1.05. The van der Waals surface area contributed by atoms with E-state index >= 15 is 0 Å². The van der Waals surface area contributed by atoms with Crippen molar-refractivity contribution in [3.05, 3.63) is 69.9 Å². The van der Waals surface area contributed by atoms with Crippen molar-refractivity contribution in [2.24, 2.45) is 0 Å². The highest BCUT2D eigenvalue weighted by molar-refractivity contribution is 9.10. The highest BCUT2D eigenvalue weighted by atomic mass is 79.9. The Balaban J connectivity index is 1.75. The van der Waals surface area contributed by atoms with Gasteiger partial charge >= 0.3 is 0 Å². The van der Waals surface area contributed by atoms with Gasteiger partial charge in [-0.05, 0) is 48.2 Å². The highest BCUT2D eigenvalue weighted by Gasteiger charge is 2.41. The van der Waals surface area contributed by atoms with E-state index in [4.69, 9.17) is 4.74 Å². The smallest absolute Gasteiger partial charge is 0.230 e. The van der Waals surface area contributed by atoms with Crippen molar-refractivity contribution in [3.63, 3.8) is 0 Å². The Bertz CT molecular complexity index is 760. The first-order chi connectivity index (χ1) is 12.5. The largest absolute Gasteiger partial charge is 0.387 e. The van der Waals surface area contributed by atoms with Gasteiger partial charge in [-0.1, -0.05) is 40.2 Å². The van der Waals surface area contributed by atoms with Gasteiger partial charge in [0.1, 0.15) is 5.82 Å². The molecule has 0 saturated carbocycles. The van der Waals surface area contributed by atoms with Crippen molar-refractivity contribution in [1.82, 2.24) is 5.32 Å². The van der Waals surface area contributed by atoms with Crippen molar-refractivity contribution in [1.29, 1.82) is 0 Å². The number of hydrogen-bond donors (Lipinski definition) is 2. The van der Waals surface area contributed by atoms with Gasteiger partial charge in [0, 0.05) is 24.2 Å². The molecule has 3 rings (SSSR count). The predicted molar refractivity (Wildman–Crippen MR) is 100 cm³/mol. The first-order valence-electron chi connectivity index (χ1n) is 8.57. The van der Waals surface area contributed by atoms with Crippen LogP contribution in [0.3, 0.4) is 0 Å². The number of rotatable bonds is 5. The Morgan fingerprint density at radius 2 is 1.92 bits per heavy atom. The maximum Gasteiger partial charge on any atom is 0.230 e. The minimum Gasteiger partial charge on any atom is -0.387 e. The maximum absolute atomic E-state index is 13.3. The number of benzene rings is 2. The average molecular weight is 422 g/mol. The normalized spacial score (nSPS) is 17.5. The van der Waals surface area contributed by atoms with Gasteiger partial charge in [-0.3, -0.25) is 4.79 Å². The van der Waals surface area contributed by atoms with E-state index in [1.165, 1.54) is 12.1 Å². The number of ether oxygens (including phenoxy) is 1. The van der Waals surface area contributed by atoms with Gasteiger partial charge < -0.3 is 15.2 Å². The number of aliphatic hydroxyl groups is 1. The molecule has 138 valence electrons. The van der Waals surface area contributed by atoms with E-state index in [2.05, 4.69) is 21.2 Å². The van der Waals surface area contributed by atoms with Crippen LogP contribution in [-0.4, -0.2) is 30.8 Å². The lowest BCUT2D eigenvalue weighted by molar-refractivity contribution is -0.131. The SMILES string of the molecule is O=C(NC[C@@H](O)c1cccc(Br)c1)C1(c2ccc(F)cc2)CCOCC1. The maximum atomic E-state index is 13.3. The molecule has 1 atom stereocenters. The molecular weight excluding hydrogens is 401 g/mol. The lowest BCUT2D eigenvalue weighted by Gasteiger charge is -2.36. The van der Waals surface area contributed by atoms with E-state index in [0.29, 0.717) is 26.1 Å². The fraction of sp³-hybridized carbons (Fsp3) is 0.350. The van der Waals surface area contributed by atoms with Gasteiger partial charge in [-0.2, -0.15) is 0 Å². The second kappa shape index (κ2) is 8.29. The first kappa shape index (κ1) is 19.0. The van der Waals surface area contributed by atoms with Gasteiger partial charge in [-0.15, -0.1) is 0 Å². The second-order valence-corrected chi connectivity index (χ2v) is 7.40. The van der Waals surface area contributed by atoms with Crippen LogP contribution in [0.2, 0.25) is 0 Å². The fourth-order valence-corrected chi connectivity index (χ4v) is 3.74. The molecule has 0 radical (unpaired) electrons. The van der Waals surface area contributed by atoms with Crippen molar-refractivity contribution in [3.8, 4) is 0 Å². The second-order valence-electron chi connectivity index (χ2n) is 6.48. The fourth-order valence-electron chi connectivity index (χ4n) is 3.33. The molecule has 1 saturated heterocycles. The molecule has 6 heteroatoms. The summed E-state index contributed by atoms with van der Waals surface area (Å²) in [7, 11) is 0. The molecular formula is C20H21BrFNO3. The van der Waals surface area contributed by atoms with Crippen LogP contribution in [0.5, 0.6) is 0 Å². The van der Waals surface area contributed by atoms with E-state index < -0.39 is 11.5 Å². The van der Waals surface area contributed by atoms with Gasteiger partial charge in [-0.25, -0.2) is 4.39 Å². The first-order valence-corrected chi connectivity index (χ1v) is 9.36. The summed E-state index contributed by atoms with van der Waals surface area (Å²) < 4.78 is 19.6. The van der Waals surface area contributed by atoms with E-state index in [9.17, 15) is 14.3 Å².